The van der Waals surface area contributed by atoms with Crippen molar-refractivity contribution in [3.05, 3.63) is 57.6 Å². The second-order valence-electron chi connectivity index (χ2n) is 14.1. The van der Waals surface area contributed by atoms with E-state index >= 15 is 0 Å². The van der Waals surface area contributed by atoms with E-state index in [2.05, 4.69) is 0 Å². The van der Waals surface area contributed by atoms with Gasteiger partial charge in [0.2, 0.25) is 6.79 Å². The summed E-state index contributed by atoms with van der Waals surface area (Å²) in [6.45, 7) is 5.15. The lowest BCUT2D eigenvalue weighted by molar-refractivity contribution is -0.439. The third kappa shape index (κ3) is 10.6. The summed E-state index contributed by atoms with van der Waals surface area (Å²) in [5.74, 6) is -77.6. The van der Waals surface area contributed by atoms with Crippen molar-refractivity contribution in [1.82, 2.24) is 0 Å². The van der Waals surface area contributed by atoms with Crippen molar-refractivity contribution in [3.63, 3.8) is 0 Å². The molecule has 0 radical (unpaired) electrons. The van der Waals surface area contributed by atoms with Gasteiger partial charge in [-0.2, -0.15) is 138 Å². The van der Waals surface area contributed by atoms with Gasteiger partial charge in [-0.1, -0.05) is 24.3 Å². The minimum atomic E-state index is -8.01. The number of rotatable bonds is 22. The van der Waals surface area contributed by atoms with Gasteiger partial charge >= 0.3 is 71.6 Å². The number of benzene rings is 2. The van der Waals surface area contributed by atoms with E-state index in [1.165, 1.54) is 52.0 Å². The summed E-state index contributed by atoms with van der Waals surface area (Å²) >= 11 is 0.640. The topological polar surface area (TPSA) is 18.5 Å². The molecule has 0 spiro atoms. The van der Waals surface area contributed by atoms with E-state index in [4.69, 9.17) is 9.47 Å². The summed E-state index contributed by atoms with van der Waals surface area (Å²) in [6.07, 6.45) is -19.8. The fraction of sp³-hybridized carbons (Fsp3) is 0.657. The van der Waals surface area contributed by atoms with Crippen molar-refractivity contribution in [3.8, 4) is 11.5 Å². The number of alkyl halides is 26. The van der Waals surface area contributed by atoms with Crippen molar-refractivity contribution >= 4 is 23.5 Å². The van der Waals surface area contributed by atoms with Crippen molar-refractivity contribution < 1.29 is 124 Å². The zero-order valence-electron chi connectivity index (χ0n) is 32.7. The molecule has 0 saturated carbocycles. The Hall–Kier alpha value is -3.08. The lowest BCUT2D eigenvalue weighted by Crippen LogP contribution is -2.70. The highest BCUT2D eigenvalue weighted by molar-refractivity contribution is 7.98. The zero-order valence-corrected chi connectivity index (χ0v) is 34.4. The number of ether oxygens (including phenoxy) is 2. The van der Waals surface area contributed by atoms with Gasteiger partial charge in [-0.15, -0.1) is 0 Å². The van der Waals surface area contributed by atoms with Gasteiger partial charge in [0, 0.05) is 24.3 Å². The smallest absolute Gasteiger partial charge is 0.457 e. The monoisotopic (exact) mass is 1040 g/mol. The first-order valence-corrected chi connectivity index (χ1v) is 19.6. The fourth-order valence-corrected chi connectivity index (χ4v) is 7.44. The molecule has 0 aliphatic rings. The van der Waals surface area contributed by atoms with Gasteiger partial charge in [0.05, 0.1) is 0 Å². The Morgan fingerprint density at radius 2 is 0.585 bits per heavy atom. The van der Waals surface area contributed by atoms with E-state index in [9.17, 15) is 114 Å². The normalized spacial score (nSPS) is 14.9. The van der Waals surface area contributed by atoms with Crippen LogP contribution in [0.2, 0.25) is 0 Å². The summed E-state index contributed by atoms with van der Waals surface area (Å²) in [4.78, 5) is 0. The molecule has 0 aromatic heterocycles. The Morgan fingerprint density at radius 3 is 0.815 bits per heavy atom. The fourth-order valence-electron chi connectivity index (χ4n) is 5.55. The van der Waals surface area contributed by atoms with Gasteiger partial charge in [0.25, 0.3) is 0 Å². The maximum atomic E-state index is 14.1. The van der Waals surface area contributed by atoms with Crippen LogP contribution < -0.4 is 9.47 Å². The molecule has 65 heavy (non-hydrogen) atoms. The minimum Gasteiger partial charge on any atom is -0.457 e. The van der Waals surface area contributed by atoms with E-state index in [1.807, 2.05) is 0 Å². The van der Waals surface area contributed by atoms with Crippen LogP contribution >= 0.6 is 23.5 Å². The van der Waals surface area contributed by atoms with Crippen LogP contribution in [0, 0.1) is 27.7 Å². The average molecular weight is 1040 g/mol. The Kier molecular flexibility index (Phi) is 16.8. The second kappa shape index (κ2) is 18.8. The molecule has 0 heterocycles. The molecule has 376 valence electrons. The van der Waals surface area contributed by atoms with Crippen LogP contribution in [-0.2, 0) is 11.5 Å². The van der Waals surface area contributed by atoms with Crippen LogP contribution in [0.3, 0.4) is 0 Å². The highest BCUT2D eigenvalue weighted by Crippen LogP contribution is 2.62. The van der Waals surface area contributed by atoms with Crippen LogP contribution in [0.5, 0.6) is 11.5 Å². The maximum Gasteiger partial charge on any atom is 0.460 e. The molecule has 0 N–H and O–H groups in total. The van der Waals surface area contributed by atoms with Crippen molar-refractivity contribution in [1.29, 1.82) is 0 Å². The highest BCUT2D eigenvalue weighted by atomic mass is 32.2. The largest absolute Gasteiger partial charge is 0.460 e. The maximum absolute atomic E-state index is 14.1. The summed E-state index contributed by atoms with van der Waals surface area (Å²) in [6, 6.07) is 5.35. The molecule has 0 fully saturated rings. The average Bonchev–Trinajstić information content (AvgIpc) is 3.12. The van der Waals surface area contributed by atoms with Gasteiger partial charge in [-0.25, -0.2) is 0 Å². The number of hydrogen-bond acceptors (Lipinski definition) is 4. The molecule has 0 unspecified atom stereocenters. The first kappa shape index (κ1) is 58.0. The predicted molar refractivity (Wildman–Crippen MR) is 181 cm³/mol. The van der Waals surface area contributed by atoms with E-state index in [1.54, 1.807) is 0 Å². The number of hydrogen-bond donors (Lipinski definition) is 0. The predicted octanol–water partition coefficient (Wildman–Crippen LogP) is 15.1. The molecule has 0 amide bonds. The Bertz CT molecular complexity index is 1770. The molecule has 0 atom stereocenters. The van der Waals surface area contributed by atoms with Gasteiger partial charge in [-0.05, 0) is 72.6 Å². The molecule has 2 nitrogen and oxygen atoms in total. The second-order valence-corrected chi connectivity index (χ2v) is 16.3. The van der Waals surface area contributed by atoms with Crippen LogP contribution in [0.1, 0.15) is 46.2 Å². The first-order valence-electron chi connectivity index (χ1n) is 17.3. The van der Waals surface area contributed by atoms with Gasteiger partial charge in [0.1, 0.15) is 11.5 Å². The molecule has 0 saturated heterocycles. The highest BCUT2D eigenvalue weighted by Gasteiger charge is 2.92. The minimum absolute atomic E-state index is 0.130. The Labute approximate surface area is 358 Å². The Morgan fingerprint density at radius 1 is 0.354 bits per heavy atom. The molecule has 0 aliphatic carbocycles. The third-order valence-electron chi connectivity index (χ3n) is 9.10. The molecular weight excluding hydrogens is 1010 g/mol. The lowest BCUT2D eigenvalue weighted by Gasteiger charge is -2.39. The summed E-state index contributed by atoms with van der Waals surface area (Å²) in [7, 11) is 0. The van der Waals surface area contributed by atoms with Crippen LogP contribution in [-0.4, -0.2) is 89.9 Å². The van der Waals surface area contributed by atoms with Crippen molar-refractivity contribution in [2.24, 2.45) is 0 Å². The Balaban J connectivity index is 2.03. The molecule has 2 rings (SSSR count). The molecule has 30 heteroatoms. The van der Waals surface area contributed by atoms with E-state index in [0.717, 1.165) is 0 Å². The molecule has 0 aliphatic heterocycles. The van der Waals surface area contributed by atoms with E-state index in [0.29, 0.717) is 45.8 Å². The zero-order chi connectivity index (χ0) is 51.2. The third-order valence-corrected chi connectivity index (χ3v) is 11.2. The lowest BCUT2D eigenvalue weighted by atomic mass is 9.93. The summed E-state index contributed by atoms with van der Waals surface area (Å²) < 4.78 is 358. The molecule has 2 aromatic rings. The summed E-state index contributed by atoms with van der Waals surface area (Å²) in [5.41, 5.74) is 1.67. The molecule has 0 bridgehead atoms. The van der Waals surface area contributed by atoms with Gasteiger partial charge in [-0.3, -0.25) is 0 Å². The molecular formula is C35H30F26O2S2. The van der Waals surface area contributed by atoms with Crippen molar-refractivity contribution in [2.45, 2.75) is 124 Å². The number of halogens is 26. The van der Waals surface area contributed by atoms with Crippen LogP contribution in [0.15, 0.2) is 24.3 Å². The quantitative estimate of drug-likeness (QED) is 0.0664. The van der Waals surface area contributed by atoms with Gasteiger partial charge in [0.15, 0.2) is 0 Å². The number of thioether (sulfide) groups is 2. The van der Waals surface area contributed by atoms with Crippen molar-refractivity contribution in [2.75, 3.05) is 18.3 Å². The SMILES string of the molecule is Cc1cc(CSCCC(F)(F)C(F)(F)C(F)(F)C(F)(F)C(F)(F)C(F)(F)F)cc(C)c1OCOc1c(C)cc(CSCCC(F)(F)C(F)(F)C(F)(F)C(F)(F)C(F)(F)C(F)(F)F)cc1C. The van der Waals surface area contributed by atoms with Crippen LogP contribution in [0.4, 0.5) is 114 Å². The molecule has 2 aromatic carbocycles. The van der Waals surface area contributed by atoms with E-state index < -0.39 is 103 Å². The van der Waals surface area contributed by atoms with E-state index in [-0.39, 0.29) is 34.1 Å². The van der Waals surface area contributed by atoms with Crippen LogP contribution in [0.25, 0.3) is 0 Å². The summed E-state index contributed by atoms with van der Waals surface area (Å²) in [5, 5.41) is 0. The standard InChI is InChI=1S/C35H30F26O2S2/c1-16-9-20(13-64-7-5-24(36,37)26(40,41)28(44,45)30(48,49)32(52,53)34(56,57)58)10-17(2)22(16)62-15-63-23-18(3)11-21(12-19(23)4)14-65-8-6-25(38,39)27(42,43)29(46,47)31(50,51)33(54,55)35(59,60)61/h9-12H,5-8,13-15H2,1-4H3. The van der Waals surface area contributed by atoms with Gasteiger partial charge < -0.3 is 9.47 Å². The number of aryl methyl sites for hydroxylation is 4. The first-order chi connectivity index (χ1) is 28.7.